The Morgan fingerprint density at radius 1 is 1.05 bits per heavy atom. The summed E-state index contributed by atoms with van der Waals surface area (Å²) < 4.78 is 37.7. The van der Waals surface area contributed by atoms with E-state index in [1.54, 1.807) is 0 Å². The zero-order valence-electron chi connectivity index (χ0n) is 10.5. The third kappa shape index (κ3) is 3.36. The average molecular weight is 314 g/mol. The van der Waals surface area contributed by atoms with Crippen molar-refractivity contribution in [3.63, 3.8) is 0 Å². The van der Waals surface area contributed by atoms with Crippen molar-refractivity contribution in [2.75, 3.05) is 0 Å². The molecule has 0 saturated heterocycles. The van der Waals surface area contributed by atoms with Gasteiger partial charge in [0.1, 0.15) is 5.82 Å². The van der Waals surface area contributed by atoms with Crippen molar-refractivity contribution in [3.8, 4) is 0 Å². The van der Waals surface area contributed by atoms with Gasteiger partial charge in [-0.3, -0.25) is 0 Å². The molecular weight excluding hydrogens is 301 g/mol. The lowest BCUT2D eigenvalue weighted by Gasteiger charge is -2.09. The normalized spacial score (nSPS) is 11.6. The smallest absolute Gasteiger partial charge is 0.182 e. The maximum atomic E-state index is 13.1. The molecule has 0 atom stereocenters. The van der Waals surface area contributed by atoms with Gasteiger partial charge in [-0.2, -0.15) is 0 Å². The highest BCUT2D eigenvalue weighted by molar-refractivity contribution is 7.90. The lowest BCUT2D eigenvalue weighted by atomic mass is 10.1. The van der Waals surface area contributed by atoms with Gasteiger partial charge < -0.3 is 5.73 Å². The second-order valence-corrected chi connectivity index (χ2v) is 6.76. The fourth-order valence-electron chi connectivity index (χ4n) is 1.86. The number of hydrogen-bond donors (Lipinski definition) is 1. The molecule has 106 valence electrons. The highest BCUT2D eigenvalue weighted by atomic mass is 35.5. The summed E-state index contributed by atoms with van der Waals surface area (Å²) in [6, 6.07) is 9.86. The Bertz CT molecular complexity index is 714. The van der Waals surface area contributed by atoms with Crippen LogP contribution in [0.3, 0.4) is 0 Å². The number of sulfone groups is 1. The van der Waals surface area contributed by atoms with Crippen molar-refractivity contribution in [3.05, 3.63) is 64.4 Å². The fraction of sp³-hybridized carbons (Fsp3) is 0.143. The number of benzene rings is 2. The molecule has 0 spiro atoms. The molecule has 0 bridgehead atoms. The first-order chi connectivity index (χ1) is 9.42. The van der Waals surface area contributed by atoms with E-state index in [-0.39, 0.29) is 17.2 Å². The molecule has 0 radical (unpaired) electrons. The summed E-state index contributed by atoms with van der Waals surface area (Å²) in [4.78, 5) is 0.175. The largest absolute Gasteiger partial charge is 0.326 e. The molecule has 2 aromatic carbocycles. The van der Waals surface area contributed by atoms with E-state index in [4.69, 9.17) is 17.3 Å². The van der Waals surface area contributed by atoms with Gasteiger partial charge in [0.2, 0.25) is 0 Å². The van der Waals surface area contributed by atoms with Gasteiger partial charge in [0.05, 0.1) is 10.6 Å². The second-order valence-electron chi connectivity index (χ2n) is 4.33. The fourth-order valence-corrected chi connectivity index (χ4v) is 3.39. The molecule has 3 nitrogen and oxygen atoms in total. The Kier molecular flexibility index (Phi) is 4.42. The summed E-state index contributed by atoms with van der Waals surface area (Å²) in [6.07, 6.45) is 0. The first kappa shape index (κ1) is 15.0. The van der Waals surface area contributed by atoms with Crippen LogP contribution >= 0.6 is 11.6 Å². The Balaban J connectivity index is 2.35. The van der Waals surface area contributed by atoms with Crippen LogP contribution in [-0.4, -0.2) is 8.42 Å². The SMILES string of the molecule is NCc1cc(F)ccc1CS(=O)(=O)c1ccc(Cl)cc1. The van der Waals surface area contributed by atoms with E-state index in [0.29, 0.717) is 16.1 Å². The van der Waals surface area contributed by atoms with E-state index in [1.807, 2.05) is 0 Å². The molecule has 6 heteroatoms. The second kappa shape index (κ2) is 5.91. The molecule has 2 N–H and O–H groups in total. The van der Waals surface area contributed by atoms with Crippen LogP contribution in [0.4, 0.5) is 4.39 Å². The van der Waals surface area contributed by atoms with Crippen molar-refractivity contribution in [2.45, 2.75) is 17.2 Å². The maximum absolute atomic E-state index is 13.1. The molecule has 0 aliphatic carbocycles. The predicted molar refractivity (Wildman–Crippen MR) is 76.6 cm³/mol. The van der Waals surface area contributed by atoms with Gasteiger partial charge in [0.15, 0.2) is 9.84 Å². The monoisotopic (exact) mass is 313 g/mol. The van der Waals surface area contributed by atoms with Crippen LogP contribution in [0, 0.1) is 5.82 Å². The van der Waals surface area contributed by atoms with Crippen LogP contribution in [0.2, 0.25) is 5.02 Å². The Labute approximate surface area is 122 Å². The van der Waals surface area contributed by atoms with Crippen molar-refractivity contribution < 1.29 is 12.8 Å². The van der Waals surface area contributed by atoms with Gasteiger partial charge in [-0.25, -0.2) is 12.8 Å². The molecule has 0 heterocycles. The van der Waals surface area contributed by atoms with E-state index in [2.05, 4.69) is 0 Å². The summed E-state index contributed by atoms with van der Waals surface area (Å²) in [5.74, 6) is -0.653. The first-order valence-electron chi connectivity index (χ1n) is 5.88. The van der Waals surface area contributed by atoms with Crippen molar-refractivity contribution >= 4 is 21.4 Å². The highest BCUT2D eigenvalue weighted by Crippen LogP contribution is 2.21. The lowest BCUT2D eigenvalue weighted by Crippen LogP contribution is -2.09. The number of hydrogen-bond acceptors (Lipinski definition) is 3. The van der Waals surface area contributed by atoms with E-state index in [9.17, 15) is 12.8 Å². The molecule has 0 amide bonds. The van der Waals surface area contributed by atoms with Crippen LogP contribution in [0.15, 0.2) is 47.4 Å². The molecule has 2 aromatic rings. The van der Waals surface area contributed by atoms with Crippen LogP contribution < -0.4 is 5.73 Å². The minimum Gasteiger partial charge on any atom is -0.326 e. The lowest BCUT2D eigenvalue weighted by molar-refractivity contribution is 0.594. The minimum atomic E-state index is -3.51. The predicted octanol–water partition coefficient (Wildman–Crippen LogP) is 2.91. The summed E-state index contributed by atoms with van der Waals surface area (Å²) in [5, 5.41) is 0.466. The molecule has 0 aliphatic heterocycles. The Morgan fingerprint density at radius 3 is 2.30 bits per heavy atom. The third-order valence-corrected chi connectivity index (χ3v) is 4.84. The van der Waals surface area contributed by atoms with Crippen molar-refractivity contribution in [2.24, 2.45) is 5.73 Å². The maximum Gasteiger partial charge on any atom is 0.182 e. The zero-order chi connectivity index (χ0) is 14.8. The molecule has 2 rings (SSSR count). The van der Waals surface area contributed by atoms with Gasteiger partial charge in [-0.15, -0.1) is 0 Å². The summed E-state index contributed by atoms with van der Waals surface area (Å²) in [6.45, 7) is 0.0865. The van der Waals surface area contributed by atoms with Crippen LogP contribution in [0.1, 0.15) is 11.1 Å². The van der Waals surface area contributed by atoms with Crippen molar-refractivity contribution in [1.29, 1.82) is 0 Å². The number of rotatable bonds is 4. The quantitative estimate of drug-likeness (QED) is 0.944. The number of halogens is 2. The third-order valence-electron chi connectivity index (χ3n) is 2.91. The van der Waals surface area contributed by atoms with E-state index >= 15 is 0 Å². The van der Waals surface area contributed by atoms with Crippen LogP contribution in [0.5, 0.6) is 0 Å². The van der Waals surface area contributed by atoms with Gasteiger partial charge in [0.25, 0.3) is 0 Å². The summed E-state index contributed by atoms with van der Waals surface area (Å²) in [7, 11) is -3.51. The van der Waals surface area contributed by atoms with E-state index < -0.39 is 15.7 Å². The van der Waals surface area contributed by atoms with Gasteiger partial charge in [-0.1, -0.05) is 17.7 Å². The number of nitrogens with two attached hydrogens (primary N) is 1. The van der Waals surface area contributed by atoms with Crippen LogP contribution in [-0.2, 0) is 22.1 Å². The molecule has 0 aromatic heterocycles. The summed E-state index contributed by atoms with van der Waals surface area (Å²) in [5.41, 5.74) is 6.51. The van der Waals surface area contributed by atoms with Gasteiger partial charge in [-0.05, 0) is 47.5 Å². The van der Waals surface area contributed by atoms with Crippen molar-refractivity contribution in [1.82, 2.24) is 0 Å². The molecule has 0 aliphatic rings. The molecule has 0 unspecified atom stereocenters. The highest BCUT2D eigenvalue weighted by Gasteiger charge is 2.17. The molecule has 0 fully saturated rings. The molecule has 0 saturated carbocycles. The zero-order valence-corrected chi connectivity index (χ0v) is 12.1. The molecular formula is C14H13ClFNO2S. The first-order valence-corrected chi connectivity index (χ1v) is 7.91. The molecule has 20 heavy (non-hydrogen) atoms. The average Bonchev–Trinajstić information content (AvgIpc) is 2.41. The standard InChI is InChI=1S/C14H13ClFNO2S/c15-12-2-5-14(6-3-12)20(18,19)9-10-1-4-13(16)7-11(10)8-17/h1-7H,8-9,17H2. The summed E-state index contributed by atoms with van der Waals surface area (Å²) >= 11 is 5.73. The topological polar surface area (TPSA) is 60.2 Å². The van der Waals surface area contributed by atoms with E-state index in [0.717, 1.165) is 0 Å². The van der Waals surface area contributed by atoms with Gasteiger partial charge in [0, 0.05) is 11.6 Å². The van der Waals surface area contributed by atoms with Gasteiger partial charge >= 0.3 is 0 Å². The Morgan fingerprint density at radius 2 is 1.70 bits per heavy atom. The van der Waals surface area contributed by atoms with E-state index in [1.165, 1.54) is 42.5 Å². The van der Waals surface area contributed by atoms with Crippen LogP contribution in [0.25, 0.3) is 0 Å². The minimum absolute atomic E-state index is 0.0865. The Hall–Kier alpha value is -1.43.